The fourth-order valence-electron chi connectivity index (χ4n) is 6.17. The molecule has 2 fully saturated rings. The number of hydrogen-bond acceptors (Lipinski definition) is 5. The quantitative estimate of drug-likeness (QED) is 0.344. The highest BCUT2D eigenvalue weighted by Gasteiger charge is 2.46. The molecule has 3 aromatic carbocycles. The number of carbonyl (C=O) groups is 4. The second kappa shape index (κ2) is 14.5. The number of nitrogens with one attached hydrogen (secondary N) is 3. The van der Waals surface area contributed by atoms with Gasteiger partial charge in [0, 0.05) is 19.1 Å². The van der Waals surface area contributed by atoms with Crippen molar-refractivity contribution in [1.29, 1.82) is 0 Å². The van der Waals surface area contributed by atoms with Crippen molar-refractivity contribution in [2.45, 2.75) is 62.8 Å². The van der Waals surface area contributed by atoms with Gasteiger partial charge in [-0.25, -0.2) is 4.39 Å². The first-order chi connectivity index (χ1) is 21.7. The molecule has 236 valence electrons. The van der Waals surface area contributed by atoms with E-state index in [-0.39, 0.29) is 48.5 Å². The van der Waals surface area contributed by atoms with E-state index in [1.54, 1.807) is 35.9 Å². The van der Waals surface area contributed by atoms with Crippen molar-refractivity contribution in [3.05, 3.63) is 107 Å². The van der Waals surface area contributed by atoms with Gasteiger partial charge in [-0.15, -0.1) is 0 Å². The number of benzene rings is 3. The number of likely N-dealkylation sites (N-methyl/N-ethyl adjacent to an activating group) is 1. The van der Waals surface area contributed by atoms with Crippen LogP contribution in [-0.4, -0.2) is 77.7 Å². The zero-order valence-corrected chi connectivity index (χ0v) is 25.6. The van der Waals surface area contributed by atoms with Crippen LogP contribution < -0.4 is 16.0 Å². The minimum atomic E-state index is -1.04. The predicted octanol–water partition coefficient (Wildman–Crippen LogP) is 2.96. The third-order valence-electron chi connectivity index (χ3n) is 8.81. The van der Waals surface area contributed by atoms with Crippen LogP contribution in [0.4, 0.5) is 4.39 Å². The van der Waals surface area contributed by atoms with E-state index in [1.807, 2.05) is 60.7 Å². The number of halogens is 1. The molecule has 0 bridgehead atoms. The van der Waals surface area contributed by atoms with Gasteiger partial charge >= 0.3 is 0 Å². The summed E-state index contributed by atoms with van der Waals surface area (Å²) in [6, 6.07) is 22.1. The highest BCUT2D eigenvalue weighted by molar-refractivity contribution is 5.94. The molecule has 0 radical (unpaired) electrons. The molecule has 4 amide bonds. The van der Waals surface area contributed by atoms with Crippen LogP contribution in [0.2, 0.25) is 0 Å². The fraction of sp³-hybridized carbons (Fsp3) is 0.371. The van der Waals surface area contributed by atoms with Gasteiger partial charge in [-0.1, -0.05) is 72.8 Å². The summed E-state index contributed by atoms with van der Waals surface area (Å²) < 4.78 is 13.4. The van der Waals surface area contributed by atoms with Gasteiger partial charge in [0.2, 0.25) is 23.6 Å². The van der Waals surface area contributed by atoms with Crippen molar-refractivity contribution in [3.8, 4) is 0 Å². The van der Waals surface area contributed by atoms with Gasteiger partial charge in [-0.3, -0.25) is 19.2 Å². The van der Waals surface area contributed by atoms with Gasteiger partial charge in [-0.2, -0.15) is 0 Å². The maximum absolute atomic E-state index is 14.3. The van der Waals surface area contributed by atoms with E-state index in [9.17, 15) is 23.6 Å². The van der Waals surface area contributed by atoms with Gasteiger partial charge in [0.05, 0.1) is 18.5 Å². The third-order valence-corrected chi connectivity index (χ3v) is 8.81. The summed E-state index contributed by atoms with van der Waals surface area (Å²) in [6.45, 7) is 2.01. The van der Waals surface area contributed by atoms with Crippen LogP contribution in [0.3, 0.4) is 0 Å². The first kappa shape index (κ1) is 31.8. The molecule has 5 rings (SSSR count). The number of carbonyl (C=O) groups excluding carboxylic acids is 4. The number of amides is 4. The van der Waals surface area contributed by atoms with E-state index in [2.05, 4.69) is 16.0 Å². The Balaban J connectivity index is 1.38. The Kier molecular flexibility index (Phi) is 10.2. The summed E-state index contributed by atoms with van der Waals surface area (Å²) >= 11 is 0. The van der Waals surface area contributed by atoms with Crippen LogP contribution in [0.1, 0.15) is 48.9 Å². The summed E-state index contributed by atoms with van der Waals surface area (Å²) in [6.07, 6.45) is 1.61. The molecular formula is C35H40FN5O4. The Morgan fingerprint density at radius 1 is 0.889 bits per heavy atom. The molecule has 9 nitrogen and oxygen atoms in total. The zero-order valence-electron chi connectivity index (χ0n) is 25.6. The van der Waals surface area contributed by atoms with Gasteiger partial charge < -0.3 is 25.8 Å². The van der Waals surface area contributed by atoms with Crippen LogP contribution in [-0.2, 0) is 25.6 Å². The molecule has 0 aromatic heterocycles. The minimum Gasteiger partial charge on any atom is -0.343 e. The minimum absolute atomic E-state index is 0.0325. The lowest BCUT2D eigenvalue weighted by atomic mass is 9.98. The Hall–Kier alpha value is -4.57. The highest BCUT2D eigenvalue weighted by Crippen LogP contribution is 2.31. The molecule has 2 aliphatic heterocycles. The molecule has 2 aliphatic rings. The fourth-order valence-corrected chi connectivity index (χ4v) is 6.17. The van der Waals surface area contributed by atoms with Crippen LogP contribution in [0.5, 0.6) is 0 Å². The topological polar surface area (TPSA) is 111 Å². The average Bonchev–Trinajstić information content (AvgIpc) is 3.48. The molecule has 45 heavy (non-hydrogen) atoms. The van der Waals surface area contributed by atoms with E-state index in [0.717, 1.165) is 11.1 Å². The zero-order chi connectivity index (χ0) is 31.9. The van der Waals surface area contributed by atoms with E-state index < -0.39 is 24.2 Å². The molecule has 2 saturated heterocycles. The molecule has 0 saturated carbocycles. The monoisotopic (exact) mass is 613 g/mol. The van der Waals surface area contributed by atoms with Crippen molar-refractivity contribution in [1.82, 2.24) is 25.8 Å². The second-order valence-corrected chi connectivity index (χ2v) is 11.8. The largest absolute Gasteiger partial charge is 0.343 e. The standard InChI is InChI=1S/C35H40FN5O4/c1-23(37-2)33(43)38-29-22-40(31(42)21-24-13-15-27(36)16-14-24)20-19-28-17-18-30(41(28)35(29)45)34(44)39-32(25-9-5-3-6-10-25)26-11-7-4-8-12-26/h3-16,23,28-30,32,37H,17-22H2,1-2H3,(H,38,43)(H,39,44)/t23-,28+,29-,30+/m0/s1. The van der Waals surface area contributed by atoms with Crippen LogP contribution >= 0.6 is 0 Å². The summed E-state index contributed by atoms with van der Waals surface area (Å²) in [5, 5.41) is 8.92. The average molecular weight is 614 g/mol. The van der Waals surface area contributed by atoms with Crippen molar-refractivity contribution in [3.63, 3.8) is 0 Å². The maximum atomic E-state index is 14.3. The van der Waals surface area contributed by atoms with Gasteiger partial charge in [0.1, 0.15) is 17.9 Å². The molecule has 2 heterocycles. The van der Waals surface area contributed by atoms with Crippen LogP contribution in [0.25, 0.3) is 0 Å². The number of fused-ring (bicyclic) bond motifs is 1. The van der Waals surface area contributed by atoms with Crippen molar-refractivity contribution in [2.24, 2.45) is 0 Å². The van der Waals surface area contributed by atoms with E-state index in [1.165, 1.54) is 12.1 Å². The number of hydrogen-bond donors (Lipinski definition) is 3. The Morgan fingerprint density at radius 3 is 2.11 bits per heavy atom. The number of nitrogens with zero attached hydrogens (tertiary/aromatic N) is 2. The van der Waals surface area contributed by atoms with Gasteiger partial charge in [-0.05, 0) is 62.1 Å². The molecule has 10 heteroatoms. The normalized spacial score (nSPS) is 20.6. The smallest absolute Gasteiger partial charge is 0.247 e. The Bertz CT molecular complexity index is 1450. The molecule has 3 aromatic rings. The van der Waals surface area contributed by atoms with E-state index in [4.69, 9.17) is 0 Å². The number of rotatable bonds is 9. The first-order valence-electron chi connectivity index (χ1n) is 15.5. The molecule has 3 N–H and O–H groups in total. The summed E-state index contributed by atoms with van der Waals surface area (Å²) in [4.78, 5) is 57.9. The van der Waals surface area contributed by atoms with Crippen LogP contribution in [0.15, 0.2) is 84.9 Å². The lowest BCUT2D eigenvalue weighted by Gasteiger charge is -2.39. The summed E-state index contributed by atoms with van der Waals surface area (Å²) in [7, 11) is 1.65. The van der Waals surface area contributed by atoms with Crippen LogP contribution in [0, 0.1) is 5.82 Å². The van der Waals surface area contributed by atoms with Gasteiger partial charge in [0.15, 0.2) is 0 Å². The molecule has 0 aliphatic carbocycles. The SMILES string of the molecule is CN[C@@H](C)C(=O)N[C@H]1CN(C(=O)Cc2ccc(F)cc2)CC[C@H]2CC[C@H](C(=O)NC(c3ccccc3)c3ccccc3)N2C1=O. The summed E-state index contributed by atoms with van der Waals surface area (Å²) in [5.74, 6) is -1.63. The lowest BCUT2D eigenvalue weighted by molar-refractivity contribution is -0.147. The van der Waals surface area contributed by atoms with Crippen molar-refractivity contribution < 1.29 is 23.6 Å². The third kappa shape index (κ3) is 7.57. The maximum Gasteiger partial charge on any atom is 0.247 e. The Labute approximate surface area is 263 Å². The predicted molar refractivity (Wildman–Crippen MR) is 168 cm³/mol. The second-order valence-electron chi connectivity index (χ2n) is 11.8. The van der Waals surface area contributed by atoms with Crippen molar-refractivity contribution in [2.75, 3.05) is 20.1 Å². The van der Waals surface area contributed by atoms with Crippen molar-refractivity contribution >= 4 is 23.6 Å². The summed E-state index contributed by atoms with van der Waals surface area (Å²) in [5.41, 5.74) is 2.50. The van der Waals surface area contributed by atoms with E-state index >= 15 is 0 Å². The molecule has 0 unspecified atom stereocenters. The molecule has 4 atom stereocenters. The molecule has 0 spiro atoms. The first-order valence-corrected chi connectivity index (χ1v) is 15.5. The molecular weight excluding hydrogens is 573 g/mol. The lowest BCUT2D eigenvalue weighted by Crippen LogP contribution is -2.62. The van der Waals surface area contributed by atoms with Gasteiger partial charge in [0.25, 0.3) is 0 Å². The van der Waals surface area contributed by atoms with E-state index in [0.29, 0.717) is 31.4 Å². The Morgan fingerprint density at radius 2 is 1.51 bits per heavy atom. The highest BCUT2D eigenvalue weighted by atomic mass is 19.1.